The number of aromatic nitrogens is 1. The van der Waals surface area contributed by atoms with Gasteiger partial charge in [0.25, 0.3) is 0 Å². The standard InChI is InChI=1S/C24H23ClN2O2/c1-24(2,3)17-8-9-22-20(13-17)27-23(29-22)16-10-15(11-18(26)12-16)14-28-21-7-5-4-6-19(21)25/h4-13H,14,26H2,1-3H3. The van der Waals surface area contributed by atoms with Crippen molar-refractivity contribution < 1.29 is 9.15 Å². The molecule has 5 heteroatoms. The Morgan fingerprint density at radius 2 is 1.83 bits per heavy atom. The molecule has 4 rings (SSSR count). The van der Waals surface area contributed by atoms with E-state index in [9.17, 15) is 0 Å². The lowest BCUT2D eigenvalue weighted by Crippen LogP contribution is -2.10. The molecule has 1 aromatic heterocycles. The van der Waals surface area contributed by atoms with Crippen LogP contribution in [-0.4, -0.2) is 4.98 Å². The Labute approximate surface area is 175 Å². The first-order valence-electron chi connectivity index (χ1n) is 9.48. The van der Waals surface area contributed by atoms with Gasteiger partial charge in [-0.2, -0.15) is 0 Å². The Morgan fingerprint density at radius 1 is 1.03 bits per heavy atom. The number of nitrogen functional groups attached to an aromatic ring is 1. The van der Waals surface area contributed by atoms with Crippen LogP contribution in [0, 0.1) is 0 Å². The molecular weight excluding hydrogens is 384 g/mol. The molecule has 4 aromatic rings. The van der Waals surface area contributed by atoms with Gasteiger partial charge in [-0.1, -0.05) is 50.6 Å². The van der Waals surface area contributed by atoms with Crippen LogP contribution in [0.4, 0.5) is 5.69 Å². The normalized spacial score (nSPS) is 11.7. The molecule has 0 aliphatic rings. The molecule has 3 aromatic carbocycles. The second-order valence-corrected chi connectivity index (χ2v) is 8.54. The lowest BCUT2D eigenvalue weighted by Gasteiger charge is -2.18. The predicted molar refractivity (Wildman–Crippen MR) is 118 cm³/mol. The van der Waals surface area contributed by atoms with E-state index in [4.69, 9.17) is 26.5 Å². The van der Waals surface area contributed by atoms with Gasteiger partial charge in [-0.3, -0.25) is 0 Å². The van der Waals surface area contributed by atoms with Gasteiger partial charge in [0.1, 0.15) is 17.9 Å². The van der Waals surface area contributed by atoms with E-state index in [0.29, 0.717) is 29.0 Å². The summed E-state index contributed by atoms with van der Waals surface area (Å²) >= 11 is 6.16. The number of para-hydroxylation sites is 1. The number of nitrogens with two attached hydrogens (primary N) is 1. The molecule has 0 radical (unpaired) electrons. The van der Waals surface area contributed by atoms with Crippen molar-refractivity contribution in [2.45, 2.75) is 32.8 Å². The van der Waals surface area contributed by atoms with Crippen molar-refractivity contribution in [3.8, 4) is 17.2 Å². The van der Waals surface area contributed by atoms with Gasteiger partial charge in [0.2, 0.25) is 5.89 Å². The van der Waals surface area contributed by atoms with E-state index in [1.165, 1.54) is 5.56 Å². The monoisotopic (exact) mass is 406 g/mol. The summed E-state index contributed by atoms with van der Waals surface area (Å²) in [7, 11) is 0. The summed E-state index contributed by atoms with van der Waals surface area (Å²) in [4.78, 5) is 4.69. The molecule has 0 saturated carbocycles. The van der Waals surface area contributed by atoms with E-state index in [-0.39, 0.29) is 5.41 Å². The molecule has 0 aliphatic heterocycles. The van der Waals surface area contributed by atoms with E-state index in [0.717, 1.165) is 22.2 Å². The maximum absolute atomic E-state index is 6.16. The van der Waals surface area contributed by atoms with Crippen molar-refractivity contribution in [1.82, 2.24) is 4.98 Å². The molecule has 1 heterocycles. The van der Waals surface area contributed by atoms with E-state index in [1.54, 1.807) is 6.07 Å². The minimum atomic E-state index is 0.0493. The van der Waals surface area contributed by atoms with Gasteiger partial charge >= 0.3 is 0 Å². The van der Waals surface area contributed by atoms with E-state index >= 15 is 0 Å². The Morgan fingerprint density at radius 3 is 2.59 bits per heavy atom. The highest BCUT2D eigenvalue weighted by molar-refractivity contribution is 6.32. The molecule has 0 saturated heterocycles. The minimum Gasteiger partial charge on any atom is -0.487 e. The number of halogens is 1. The number of anilines is 1. The third-order valence-electron chi connectivity index (χ3n) is 4.75. The smallest absolute Gasteiger partial charge is 0.227 e. The number of hydrogen-bond acceptors (Lipinski definition) is 4. The number of ether oxygens (including phenoxy) is 1. The topological polar surface area (TPSA) is 61.3 Å². The molecule has 4 nitrogen and oxygen atoms in total. The van der Waals surface area contributed by atoms with Gasteiger partial charge in [-0.25, -0.2) is 4.98 Å². The second-order valence-electron chi connectivity index (χ2n) is 8.13. The third-order valence-corrected chi connectivity index (χ3v) is 5.06. The Bertz CT molecular complexity index is 1180. The zero-order valence-corrected chi connectivity index (χ0v) is 17.5. The summed E-state index contributed by atoms with van der Waals surface area (Å²) < 4.78 is 11.8. The molecule has 0 aliphatic carbocycles. The summed E-state index contributed by atoms with van der Waals surface area (Å²) in [6.45, 7) is 6.88. The summed E-state index contributed by atoms with van der Waals surface area (Å²) in [5, 5.41) is 0.574. The van der Waals surface area contributed by atoms with Gasteiger partial charge in [-0.05, 0) is 59.0 Å². The molecule has 0 unspecified atom stereocenters. The second kappa shape index (κ2) is 7.45. The highest BCUT2D eigenvalue weighted by atomic mass is 35.5. The lowest BCUT2D eigenvalue weighted by molar-refractivity contribution is 0.306. The number of fused-ring (bicyclic) bond motifs is 1. The average molecular weight is 407 g/mol. The average Bonchev–Trinajstić information content (AvgIpc) is 3.10. The molecule has 0 bridgehead atoms. The van der Waals surface area contributed by atoms with Gasteiger partial charge < -0.3 is 14.9 Å². The number of oxazole rings is 1. The Balaban J connectivity index is 1.64. The van der Waals surface area contributed by atoms with Crippen molar-refractivity contribution in [2.24, 2.45) is 0 Å². The fraction of sp³-hybridized carbons (Fsp3) is 0.208. The first kappa shape index (κ1) is 19.3. The number of benzene rings is 3. The summed E-state index contributed by atoms with van der Waals surface area (Å²) in [5.74, 6) is 1.17. The van der Waals surface area contributed by atoms with Crippen molar-refractivity contribution in [3.63, 3.8) is 0 Å². The molecule has 0 fully saturated rings. The van der Waals surface area contributed by atoms with Crippen molar-refractivity contribution in [2.75, 3.05) is 5.73 Å². The molecule has 148 valence electrons. The van der Waals surface area contributed by atoms with E-state index < -0.39 is 0 Å². The fourth-order valence-corrected chi connectivity index (χ4v) is 3.36. The Hall–Kier alpha value is -2.98. The lowest BCUT2D eigenvalue weighted by atomic mass is 9.87. The SMILES string of the molecule is CC(C)(C)c1ccc2oc(-c3cc(N)cc(COc4ccccc4Cl)c3)nc2c1. The predicted octanol–water partition coefficient (Wildman–Crippen LogP) is 6.61. The van der Waals surface area contributed by atoms with Crippen LogP contribution in [0.2, 0.25) is 5.02 Å². The quantitative estimate of drug-likeness (QED) is 0.387. The molecular formula is C24H23ClN2O2. The fourth-order valence-electron chi connectivity index (χ4n) is 3.17. The van der Waals surface area contributed by atoms with Crippen molar-refractivity contribution >= 4 is 28.4 Å². The van der Waals surface area contributed by atoms with Crippen LogP contribution in [0.25, 0.3) is 22.6 Å². The zero-order valence-electron chi connectivity index (χ0n) is 16.7. The maximum atomic E-state index is 6.16. The molecule has 2 N–H and O–H groups in total. The maximum Gasteiger partial charge on any atom is 0.227 e. The summed E-state index contributed by atoms with van der Waals surface area (Å²) in [6, 6.07) is 19.2. The van der Waals surface area contributed by atoms with Crippen LogP contribution in [0.15, 0.2) is 65.1 Å². The van der Waals surface area contributed by atoms with Gasteiger partial charge in [0.15, 0.2) is 5.58 Å². The molecule has 0 spiro atoms. The number of hydrogen-bond donors (Lipinski definition) is 1. The number of rotatable bonds is 4. The van der Waals surface area contributed by atoms with Gasteiger partial charge in [0.05, 0.1) is 5.02 Å². The van der Waals surface area contributed by atoms with Gasteiger partial charge in [-0.15, -0.1) is 0 Å². The highest BCUT2D eigenvalue weighted by Crippen LogP contribution is 2.31. The molecule has 0 amide bonds. The summed E-state index contributed by atoms with van der Waals surface area (Å²) in [5.41, 5.74) is 11.3. The first-order valence-corrected chi connectivity index (χ1v) is 9.85. The van der Waals surface area contributed by atoms with Crippen LogP contribution in [0.1, 0.15) is 31.9 Å². The zero-order chi connectivity index (χ0) is 20.6. The minimum absolute atomic E-state index is 0.0493. The van der Waals surface area contributed by atoms with Crippen LogP contribution in [0.5, 0.6) is 5.75 Å². The van der Waals surface area contributed by atoms with Crippen LogP contribution >= 0.6 is 11.6 Å². The van der Waals surface area contributed by atoms with Crippen molar-refractivity contribution in [3.05, 3.63) is 76.8 Å². The third kappa shape index (κ3) is 4.22. The van der Waals surface area contributed by atoms with Gasteiger partial charge in [0, 0.05) is 11.3 Å². The van der Waals surface area contributed by atoms with Crippen LogP contribution in [0.3, 0.4) is 0 Å². The van der Waals surface area contributed by atoms with Crippen LogP contribution in [-0.2, 0) is 12.0 Å². The molecule has 29 heavy (non-hydrogen) atoms. The van der Waals surface area contributed by atoms with E-state index in [1.807, 2.05) is 42.5 Å². The highest BCUT2D eigenvalue weighted by Gasteiger charge is 2.16. The Kier molecular flexibility index (Phi) is 4.97. The first-order chi connectivity index (χ1) is 13.8. The van der Waals surface area contributed by atoms with Crippen molar-refractivity contribution in [1.29, 1.82) is 0 Å². The van der Waals surface area contributed by atoms with E-state index in [2.05, 4.69) is 37.9 Å². The molecule has 0 atom stereocenters. The number of nitrogens with zero attached hydrogens (tertiary/aromatic N) is 1. The largest absolute Gasteiger partial charge is 0.487 e. The summed E-state index contributed by atoms with van der Waals surface area (Å²) in [6.07, 6.45) is 0. The van der Waals surface area contributed by atoms with Crippen LogP contribution < -0.4 is 10.5 Å².